The summed E-state index contributed by atoms with van der Waals surface area (Å²) in [6, 6.07) is 5.31. The summed E-state index contributed by atoms with van der Waals surface area (Å²) < 4.78 is 99.0. The van der Waals surface area contributed by atoms with Crippen molar-refractivity contribution in [2.75, 3.05) is 0 Å². The van der Waals surface area contributed by atoms with Crippen LogP contribution in [0.15, 0.2) is 30.3 Å². The first-order valence-electron chi connectivity index (χ1n) is 10.8. The SMILES string of the molecule is CCCCC1CCc2cc3c(F)c(-c4cc(F)c(OC(F)(F)F)c(F)c4)c(F)cc3cc2C1. The molecule has 3 aromatic carbocycles. The van der Waals surface area contributed by atoms with E-state index < -0.39 is 46.5 Å². The molecule has 0 aliphatic heterocycles. The third-order valence-electron chi connectivity index (χ3n) is 6.15. The average Bonchev–Trinajstić information content (AvgIpc) is 2.73. The molecule has 0 saturated carbocycles. The largest absolute Gasteiger partial charge is 0.573 e. The third-order valence-corrected chi connectivity index (χ3v) is 6.15. The summed E-state index contributed by atoms with van der Waals surface area (Å²) in [7, 11) is 0. The molecule has 3 aromatic rings. The highest BCUT2D eigenvalue weighted by molar-refractivity contribution is 5.90. The maximum absolute atomic E-state index is 15.4. The van der Waals surface area contributed by atoms with E-state index in [2.05, 4.69) is 11.7 Å². The fourth-order valence-corrected chi connectivity index (χ4v) is 4.58. The lowest BCUT2D eigenvalue weighted by Gasteiger charge is -2.25. The lowest BCUT2D eigenvalue weighted by Crippen LogP contribution is -2.19. The number of unbranched alkanes of at least 4 members (excludes halogenated alkanes) is 1. The molecule has 0 spiro atoms. The van der Waals surface area contributed by atoms with E-state index in [1.807, 2.05) is 0 Å². The Hall–Kier alpha value is -2.77. The molecular weight excluding hydrogens is 449 g/mol. The highest BCUT2D eigenvalue weighted by Gasteiger charge is 2.34. The number of alkyl halides is 3. The molecule has 0 bridgehead atoms. The van der Waals surface area contributed by atoms with Gasteiger partial charge in [0.05, 0.1) is 5.56 Å². The van der Waals surface area contributed by atoms with Crippen LogP contribution in [-0.4, -0.2) is 6.36 Å². The van der Waals surface area contributed by atoms with E-state index in [0.29, 0.717) is 23.4 Å². The summed E-state index contributed by atoms with van der Waals surface area (Å²) in [5, 5.41) is 0.412. The van der Waals surface area contributed by atoms with E-state index in [0.717, 1.165) is 55.7 Å². The topological polar surface area (TPSA) is 9.23 Å². The van der Waals surface area contributed by atoms with Gasteiger partial charge in [0.1, 0.15) is 11.6 Å². The molecule has 0 aromatic heterocycles. The Kier molecular flexibility index (Phi) is 6.29. The number of ether oxygens (including phenoxy) is 1. The second-order valence-corrected chi connectivity index (χ2v) is 8.46. The van der Waals surface area contributed by atoms with Gasteiger partial charge in [-0.3, -0.25) is 0 Å². The Morgan fingerprint density at radius 2 is 1.61 bits per heavy atom. The van der Waals surface area contributed by atoms with Crippen LogP contribution >= 0.6 is 0 Å². The molecule has 4 rings (SSSR count). The van der Waals surface area contributed by atoms with Crippen molar-refractivity contribution < 1.29 is 35.5 Å². The maximum atomic E-state index is 15.4. The number of hydrogen-bond donors (Lipinski definition) is 0. The second-order valence-electron chi connectivity index (χ2n) is 8.46. The van der Waals surface area contributed by atoms with E-state index in [9.17, 15) is 26.3 Å². The van der Waals surface area contributed by atoms with Gasteiger partial charge >= 0.3 is 6.36 Å². The minimum Gasteiger partial charge on any atom is -0.399 e. The van der Waals surface area contributed by atoms with Crippen LogP contribution in [0.3, 0.4) is 0 Å². The molecule has 33 heavy (non-hydrogen) atoms. The van der Waals surface area contributed by atoms with Crippen molar-refractivity contribution in [1.82, 2.24) is 0 Å². The van der Waals surface area contributed by atoms with Crippen LogP contribution in [0.25, 0.3) is 21.9 Å². The van der Waals surface area contributed by atoms with E-state index >= 15 is 4.39 Å². The highest BCUT2D eigenvalue weighted by Crippen LogP contribution is 2.39. The van der Waals surface area contributed by atoms with Gasteiger partial charge < -0.3 is 4.74 Å². The van der Waals surface area contributed by atoms with Crippen LogP contribution in [-0.2, 0) is 12.8 Å². The van der Waals surface area contributed by atoms with Crippen molar-refractivity contribution in [2.24, 2.45) is 5.92 Å². The number of hydrogen-bond acceptors (Lipinski definition) is 1. The van der Waals surface area contributed by atoms with Gasteiger partial charge in [-0.05, 0) is 71.5 Å². The molecular formula is C25H21F7O. The first-order chi connectivity index (χ1) is 15.6. The minimum atomic E-state index is -5.32. The minimum absolute atomic E-state index is 0.0913. The van der Waals surface area contributed by atoms with E-state index in [4.69, 9.17) is 0 Å². The summed E-state index contributed by atoms with van der Waals surface area (Å²) in [4.78, 5) is 0. The highest BCUT2D eigenvalue weighted by atomic mass is 19.4. The fraction of sp³-hybridized carbons (Fsp3) is 0.360. The van der Waals surface area contributed by atoms with Crippen LogP contribution in [0.1, 0.15) is 43.7 Å². The van der Waals surface area contributed by atoms with Gasteiger partial charge in [-0.25, -0.2) is 17.6 Å². The number of fused-ring (bicyclic) bond motifs is 2. The lowest BCUT2D eigenvalue weighted by atomic mass is 9.80. The zero-order valence-corrected chi connectivity index (χ0v) is 17.8. The van der Waals surface area contributed by atoms with Crippen molar-refractivity contribution in [2.45, 2.75) is 51.8 Å². The average molecular weight is 470 g/mol. The Bertz CT molecular complexity index is 1180. The summed E-state index contributed by atoms with van der Waals surface area (Å²) in [6.07, 6.45) is 0.542. The maximum Gasteiger partial charge on any atom is 0.573 e. The van der Waals surface area contributed by atoms with Gasteiger partial charge in [-0.2, -0.15) is 0 Å². The number of rotatable bonds is 5. The first-order valence-corrected chi connectivity index (χ1v) is 10.8. The zero-order valence-electron chi connectivity index (χ0n) is 17.8. The predicted octanol–water partition coefficient (Wildman–Crippen LogP) is 8.26. The van der Waals surface area contributed by atoms with Gasteiger partial charge in [0.25, 0.3) is 0 Å². The molecule has 1 aliphatic rings. The summed E-state index contributed by atoms with van der Waals surface area (Å²) in [5.41, 5.74) is 0.703. The molecule has 0 heterocycles. The Morgan fingerprint density at radius 1 is 0.909 bits per heavy atom. The van der Waals surface area contributed by atoms with Gasteiger partial charge in [-0.1, -0.05) is 32.3 Å². The molecule has 0 amide bonds. The first kappa shape index (κ1) is 23.4. The molecule has 1 atom stereocenters. The van der Waals surface area contributed by atoms with Gasteiger partial charge in [0, 0.05) is 5.39 Å². The summed E-state index contributed by atoms with van der Waals surface area (Å²) in [6.45, 7) is 2.13. The van der Waals surface area contributed by atoms with Crippen LogP contribution in [0.5, 0.6) is 5.75 Å². The molecule has 0 saturated heterocycles. The van der Waals surface area contributed by atoms with Crippen molar-refractivity contribution >= 4 is 10.8 Å². The van der Waals surface area contributed by atoms with Crippen LogP contribution < -0.4 is 4.74 Å². The van der Waals surface area contributed by atoms with Crippen molar-refractivity contribution in [3.8, 4) is 16.9 Å². The normalized spacial score (nSPS) is 16.2. The van der Waals surface area contributed by atoms with Crippen molar-refractivity contribution in [3.05, 3.63) is 64.7 Å². The van der Waals surface area contributed by atoms with Gasteiger partial charge in [0.2, 0.25) is 5.75 Å². The zero-order chi connectivity index (χ0) is 23.9. The molecule has 0 radical (unpaired) electrons. The van der Waals surface area contributed by atoms with Crippen molar-refractivity contribution in [1.29, 1.82) is 0 Å². The van der Waals surface area contributed by atoms with Crippen molar-refractivity contribution in [3.63, 3.8) is 0 Å². The molecule has 8 heteroatoms. The van der Waals surface area contributed by atoms with E-state index in [-0.39, 0.29) is 5.39 Å². The Balaban J connectivity index is 1.76. The smallest absolute Gasteiger partial charge is 0.399 e. The van der Waals surface area contributed by atoms with E-state index in [1.54, 1.807) is 12.1 Å². The number of halogens is 7. The molecule has 1 aliphatic carbocycles. The molecule has 1 unspecified atom stereocenters. The second kappa shape index (κ2) is 8.88. The van der Waals surface area contributed by atoms with E-state index in [1.165, 1.54) is 0 Å². The van der Waals surface area contributed by atoms with Crippen LogP contribution in [0.4, 0.5) is 30.7 Å². The Morgan fingerprint density at radius 3 is 2.24 bits per heavy atom. The van der Waals surface area contributed by atoms with Crippen LogP contribution in [0, 0.1) is 29.2 Å². The quantitative estimate of drug-likeness (QED) is 0.341. The van der Waals surface area contributed by atoms with Crippen LogP contribution in [0.2, 0.25) is 0 Å². The van der Waals surface area contributed by atoms with Gasteiger partial charge in [-0.15, -0.1) is 13.2 Å². The van der Waals surface area contributed by atoms with Gasteiger partial charge in [0.15, 0.2) is 11.6 Å². The third kappa shape index (κ3) is 4.80. The molecule has 0 fully saturated rings. The number of aryl methyl sites for hydroxylation is 1. The standard InChI is InChI=1S/C25H21F7O/c1-2-3-4-13-5-6-14-9-18-16(8-15(14)7-13)10-19(26)22(23(18)29)17-11-20(27)24(21(28)12-17)33-25(30,31)32/h8-13H,2-7H2,1H3. The summed E-state index contributed by atoms with van der Waals surface area (Å²) in [5.74, 6) is -6.69. The molecule has 1 nitrogen and oxygen atoms in total. The molecule has 176 valence electrons. The fourth-order valence-electron chi connectivity index (χ4n) is 4.58. The lowest BCUT2D eigenvalue weighted by molar-refractivity contribution is -0.276. The monoisotopic (exact) mass is 470 g/mol. The predicted molar refractivity (Wildman–Crippen MR) is 111 cm³/mol. The Labute approximate surface area is 186 Å². The summed E-state index contributed by atoms with van der Waals surface area (Å²) >= 11 is 0. The molecule has 0 N–H and O–H groups in total. The number of benzene rings is 3.